The SMILES string of the molecule is C=CC[C@@]1(S(=O)(=O)c2ccccc2)C=C[C@H](O)C1. The highest BCUT2D eigenvalue weighted by Crippen LogP contribution is 2.38. The lowest BCUT2D eigenvalue weighted by Crippen LogP contribution is -2.36. The molecule has 0 radical (unpaired) electrons. The van der Waals surface area contributed by atoms with Crippen molar-refractivity contribution in [3.8, 4) is 0 Å². The van der Waals surface area contributed by atoms with E-state index in [-0.39, 0.29) is 11.3 Å². The summed E-state index contributed by atoms with van der Waals surface area (Å²) in [6.07, 6.45) is 4.52. The first kappa shape index (κ1) is 13.1. The summed E-state index contributed by atoms with van der Waals surface area (Å²) in [5, 5.41) is 9.62. The first-order valence-corrected chi connectivity index (χ1v) is 7.28. The van der Waals surface area contributed by atoms with Crippen LogP contribution in [0.2, 0.25) is 0 Å². The van der Waals surface area contributed by atoms with Crippen molar-refractivity contribution in [1.82, 2.24) is 0 Å². The maximum Gasteiger partial charge on any atom is 0.188 e. The average Bonchev–Trinajstić information content (AvgIpc) is 2.74. The summed E-state index contributed by atoms with van der Waals surface area (Å²) in [4.78, 5) is 0.283. The van der Waals surface area contributed by atoms with Gasteiger partial charge in [0.1, 0.15) is 4.75 Å². The van der Waals surface area contributed by atoms with Crippen LogP contribution in [0.25, 0.3) is 0 Å². The van der Waals surface area contributed by atoms with Gasteiger partial charge in [-0.1, -0.05) is 36.4 Å². The van der Waals surface area contributed by atoms with Gasteiger partial charge in [-0.3, -0.25) is 0 Å². The van der Waals surface area contributed by atoms with Crippen LogP contribution in [-0.2, 0) is 9.84 Å². The van der Waals surface area contributed by atoms with E-state index < -0.39 is 20.7 Å². The van der Waals surface area contributed by atoms with Gasteiger partial charge in [-0.15, -0.1) is 6.58 Å². The third-order valence-corrected chi connectivity index (χ3v) is 5.69. The quantitative estimate of drug-likeness (QED) is 0.847. The molecule has 96 valence electrons. The summed E-state index contributed by atoms with van der Waals surface area (Å²) < 4.78 is 24.3. The molecule has 0 saturated carbocycles. The molecule has 1 aliphatic carbocycles. The Morgan fingerprint density at radius 3 is 2.56 bits per heavy atom. The monoisotopic (exact) mass is 264 g/mol. The zero-order valence-electron chi connectivity index (χ0n) is 9.99. The highest BCUT2D eigenvalue weighted by atomic mass is 32.2. The molecular formula is C14H16O3S. The smallest absolute Gasteiger partial charge is 0.188 e. The van der Waals surface area contributed by atoms with Gasteiger partial charge in [0, 0.05) is 6.42 Å². The molecule has 0 heterocycles. The van der Waals surface area contributed by atoms with Gasteiger partial charge in [0.05, 0.1) is 11.0 Å². The molecule has 0 amide bonds. The molecule has 0 aliphatic heterocycles. The molecule has 2 atom stereocenters. The number of hydrogen-bond donors (Lipinski definition) is 1. The summed E-state index contributed by atoms with van der Waals surface area (Å²) in [7, 11) is -3.51. The van der Waals surface area contributed by atoms with E-state index in [0.717, 1.165) is 0 Å². The second-order valence-corrected chi connectivity index (χ2v) is 6.80. The molecule has 1 N–H and O–H groups in total. The first-order chi connectivity index (χ1) is 8.52. The van der Waals surface area contributed by atoms with E-state index in [0.29, 0.717) is 6.42 Å². The molecule has 4 heteroatoms. The van der Waals surface area contributed by atoms with E-state index in [1.807, 2.05) is 0 Å². The number of allylic oxidation sites excluding steroid dienone is 1. The van der Waals surface area contributed by atoms with Crippen molar-refractivity contribution in [2.24, 2.45) is 0 Å². The maximum absolute atomic E-state index is 12.7. The van der Waals surface area contributed by atoms with Gasteiger partial charge in [-0.05, 0) is 18.6 Å². The standard InChI is InChI=1S/C14H16O3S/c1-2-9-14(10-8-12(15)11-14)18(16,17)13-6-4-3-5-7-13/h2-8,10,12,15H,1,9,11H2/t12-,14+/m0/s1. The third-order valence-electron chi connectivity index (χ3n) is 3.26. The van der Waals surface area contributed by atoms with Gasteiger partial charge >= 0.3 is 0 Å². The van der Waals surface area contributed by atoms with E-state index in [1.54, 1.807) is 48.6 Å². The molecular weight excluding hydrogens is 248 g/mol. The third kappa shape index (κ3) is 2.02. The zero-order chi connectivity index (χ0) is 13.2. The zero-order valence-corrected chi connectivity index (χ0v) is 10.8. The Balaban J connectivity index is 2.50. The Morgan fingerprint density at radius 2 is 2.06 bits per heavy atom. The van der Waals surface area contributed by atoms with Crippen LogP contribution < -0.4 is 0 Å². The van der Waals surface area contributed by atoms with E-state index in [1.165, 1.54) is 0 Å². The lowest BCUT2D eigenvalue weighted by Gasteiger charge is -2.26. The minimum absolute atomic E-state index is 0.191. The second-order valence-electron chi connectivity index (χ2n) is 4.50. The molecule has 3 nitrogen and oxygen atoms in total. The summed E-state index contributed by atoms with van der Waals surface area (Å²) in [5.41, 5.74) is 0. The van der Waals surface area contributed by atoms with Crippen LogP contribution >= 0.6 is 0 Å². The van der Waals surface area contributed by atoms with Crippen LogP contribution in [0.4, 0.5) is 0 Å². The van der Waals surface area contributed by atoms with Gasteiger partial charge in [0.25, 0.3) is 0 Å². The predicted octanol–water partition coefficient (Wildman–Crippen LogP) is 2.10. The summed E-state index contributed by atoms with van der Waals surface area (Å²) in [5.74, 6) is 0. The van der Waals surface area contributed by atoms with E-state index in [4.69, 9.17) is 0 Å². The topological polar surface area (TPSA) is 54.4 Å². The van der Waals surface area contributed by atoms with E-state index in [9.17, 15) is 13.5 Å². The fraction of sp³-hybridized carbons (Fsp3) is 0.286. The number of hydrogen-bond acceptors (Lipinski definition) is 3. The van der Waals surface area contributed by atoms with Crippen molar-refractivity contribution < 1.29 is 13.5 Å². The lowest BCUT2D eigenvalue weighted by atomic mass is 10.0. The molecule has 18 heavy (non-hydrogen) atoms. The molecule has 0 fully saturated rings. The van der Waals surface area contributed by atoms with Crippen LogP contribution in [0, 0.1) is 0 Å². The first-order valence-electron chi connectivity index (χ1n) is 5.80. The lowest BCUT2D eigenvalue weighted by molar-refractivity contribution is 0.213. The Labute approximate surface area is 107 Å². The Bertz CT molecular complexity index is 560. The largest absolute Gasteiger partial charge is 0.389 e. The van der Waals surface area contributed by atoms with Gasteiger partial charge in [-0.25, -0.2) is 8.42 Å². The number of sulfone groups is 1. The minimum Gasteiger partial charge on any atom is -0.389 e. The van der Waals surface area contributed by atoms with Crippen molar-refractivity contribution in [2.75, 3.05) is 0 Å². The molecule has 1 aliphatic rings. The second kappa shape index (κ2) is 4.71. The van der Waals surface area contributed by atoms with Gasteiger partial charge in [0.2, 0.25) is 0 Å². The molecule has 0 bridgehead atoms. The number of aliphatic hydroxyl groups is 1. The van der Waals surface area contributed by atoms with E-state index in [2.05, 4.69) is 6.58 Å². The summed E-state index contributed by atoms with van der Waals surface area (Å²) >= 11 is 0. The number of benzene rings is 1. The predicted molar refractivity (Wildman–Crippen MR) is 70.9 cm³/mol. The molecule has 0 saturated heterocycles. The van der Waals surface area contributed by atoms with Crippen molar-refractivity contribution in [2.45, 2.75) is 28.6 Å². The van der Waals surface area contributed by atoms with E-state index >= 15 is 0 Å². The Kier molecular flexibility index (Phi) is 3.41. The van der Waals surface area contributed by atoms with Gasteiger partial charge < -0.3 is 5.11 Å². The normalized spacial score (nSPS) is 27.3. The summed E-state index contributed by atoms with van der Waals surface area (Å²) in [6.45, 7) is 3.62. The molecule has 1 aromatic carbocycles. The fourth-order valence-electron chi connectivity index (χ4n) is 2.32. The minimum atomic E-state index is -3.51. The van der Waals surface area contributed by atoms with Crippen LogP contribution in [-0.4, -0.2) is 24.4 Å². The Morgan fingerprint density at radius 1 is 1.39 bits per heavy atom. The van der Waals surface area contributed by atoms with Crippen molar-refractivity contribution in [3.05, 3.63) is 55.1 Å². The van der Waals surface area contributed by atoms with Crippen LogP contribution in [0.1, 0.15) is 12.8 Å². The van der Waals surface area contributed by atoms with Crippen LogP contribution in [0.3, 0.4) is 0 Å². The maximum atomic E-state index is 12.7. The number of rotatable bonds is 4. The van der Waals surface area contributed by atoms with Crippen molar-refractivity contribution in [1.29, 1.82) is 0 Å². The molecule has 0 aromatic heterocycles. The van der Waals surface area contributed by atoms with Crippen LogP contribution in [0.5, 0.6) is 0 Å². The molecule has 1 aromatic rings. The number of aliphatic hydroxyl groups excluding tert-OH is 1. The van der Waals surface area contributed by atoms with Gasteiger partial charge in [-0.2, -0.15) is 0 Å². The highest BCUT2D eigenvalue weighted by Gasteiger charge is 2.45. The highest BCUT2D eigenvalue weighted by molar-refractivity contribution is 7.93. The average molecular weight is 264 g/mol. The Hall–Kier alpha value is -1.39. The van der Waals surface area contributed by atoms with Gasteiger partial charge in [0.15, 0.2) is 9.84 Å². The molecule has 0 spiro atoms. The van der Waals surface area contributed by atoms with Crippen molar-refractivity contribution >= 4 is 9.84 Å². The summed E-state index contributed by atoms with van der Waals surface area (Å²) in [6, 6.07) is 8.34. The van der Waals surface area contributed by atoms with Crippen LogP contribution in [0.15, 0.2) is 60.0 Å². The molecule has 2 rings (SSSR count). The fourth-order valence-corrected chi connectivity index (χ4v) is 4.29. The van der Waals surface area contributed by atoms with Crippen molar-refractivity contribution in [3.63, 3.8) is 0 Å². The molecule has 0 unspecified atom stereocenters.